The van der Waals surface area contributed by atoms with Crippen molar-refractivity contribution in [3.63, 3.8) is 0 Å². The fourth-order valence-corrected chi connectivity index (χ4v) is 3.64. The van der Waals surface area contributed by atoms with E-state index < -0.39 is 0 Å². The molecular formula is C24H30N2O4. The van der Waals surface area contributed by atoms with Crippen LogP contribution < -0.4 is 14.8 Å². The molecule has 2 aromatic carbocycles. The molecule has 6 nitrogen and oxygen atoms in total. The molecule has 2 aromatic rings. The van der Waals surface area contributed by atoms with E-state index in [1.54, 1.807) is 12.1 Å². The molecule has 0 spiro atoms. The molecule has 0 unspecified atom stereocenters. The minimum atomic E-state index is -0.133. The monoisotopic (exact) mass is 410 g/mol. The number of carbonyl (C=O) groups is 2. The molecule has 3 rings (SSSR count). The lowest BCUT2D eigenvalue weighted by atomic mass is 10.0. The molecule has 0 bridgehead atoms. The van der Waals surface area contributed by atoms with Crippen molar-refractivity contribution in [1.82, 2.24) is 10.2 Å². The number of hydrogen-bond acceptors (Lipinski definition) is 4. The molecule has 1 fully saturated rings. The van der Waals surface area contributed by atoms with Crippen LogP contribution in [-0.2, 0) is 4.79 Å². The van der Waals surface area contributed by atoms with E-state index in [2.05, 4.69) is 5.32 Å². The zero-order valence-electron chi connectivity index (χ0n) is 17.9. The molecule has 1 heterocycles. The first-order valence-corrected chi connectivity index (χ1v) is 10.5. The SMILES string of the molecule is CCOc1ccc(C(=O)N2CCC(NC(=O)COc3ccc(C)cc3C)CC2)cc1. The molecule has 2 amide bonds. The summed E-state index contributed by atoms with van der Waals surface area (Å²) in [5.74, 6) is 1.37. The molecule has 0 aliphatic carbocycles. The van der Waals surface area contributed by atoms with Gasteiger partial charge in [-0.25, -0.2) is 0 Å². The van der Waals surface area contributed by atoms with Crippen LogP contribution in [0.3, 0.4) is 0 Å². The standard InChI is InChI=1S/C24H30N2O4/c1-4-29-21-8-6-19(7-9-21)24(28)26-13-11-20(12-14-26)25-23(27)16-30-22-10-5-17(2)15-18(22)3/h5-10,15,20H,4,11-14,16H2,1-3H3,(H,25,27). The van der Waals surface area contributed by atoms with Crippen LogP contribution in [0.15, 0.2) is 42.5 Å². The van der Waals surface area contributed by atoms with E-state index in [1.807, 2.05) is 56.0 Å². The van der Waals surface area contributed by atoms with Crippen molar-refractivity contribution in [2.24, 2.45) is 0 Å². The highest BCUT2D eigenvalue weighted by Gasteiger charge is 2.24. The predicted octanol–water partition coefficient (Wildman–Crippen LogP) is 3.50. The predicted molar refractivity (Wildman–Crippen MR) is 116 cm³/mol. The Bertz CT molecular complexity index is 871. The molecule has 0 aromatic heterocycles. The summed E-state index contributed by atoms with van der Waals surface area (Å²) in [4.78, 5) is 26.8. The third kappa shape index (κ3) is 5.75. The summed E-state index contributed by atoms with van der Waals surface area (Å²) < 4.78 is 11.1. The van der Waals surface area contributed by atoms with Crippen molar-refractivity contribution in [2.75, 3.05) is 26.3 Å². The van der Waals surface area contributed by atoms with Gasteiger partial charge in [0.15, 0.2) is 6.61 Å². The first-order valence-electron chi connectivity index (χ1n) is 10.5. The Balaban J connectivity index is 1.43. The van der Waals surface area contributed by atoms with Gasteiger partial charge in [0.1, 0.15) is 11.5 Å². The van der Waals surface area contributed by atoms with Gasteiger partial charge in [0, 0.05) is 24.7 Å². The van der Waals surface area contributed by atoms with E-state index in [0.29, 0.717) is 25.3 Å². The van der Waals surface area contributed by atoms with Gasteiger partial charge in [-0.3, -0.25) is 9.59 Å². The van der Waals surface area contributed by atoms with Crippen molar-refractivity contribution in [3.05, 3.63) is 59.2 Å². The molecule has 1 N–H and O–H groups in total. The Labute approximate surface area is 178 Å². The van der Waals surface area contributed by atoms with Gasteiger partial charge in [-0.05, 0) is 69.5 Å². The van der Waals surface area contributed by atoms with Crippen molar-refractivity contribution < 1.29 is 19.1 Å². The van der Waals surface area contributed by atoms with E-state index in [1.165, 1.54) is 0 Å². The van der Waals surface area contributed by atoms with Gasteiger partial charge < -0.3 is 19.7 Å². The van der Waals surface area contributed by atoms with Crippen LogP contribution in [0.1, 0.15) is 41.3 Å². The molecule has 30 heavy (non-hydrogen) atoms. The quantitative estimate of drug-likeness (QED) is 0.759. The summed E-state index contributed by atoms with van der Waals surface area (Å²) in [6, 6.07) is 13.2. The van der Waals surface area contributed by atoms with E-state index in [9.17, 15) is 9.59 Å². The van der Waals surface area contributed by atoms with Crippen LogP contribution in [0, 0.1) is 13.8 Å². The second-order valence-corrected chi connectivity index (χ2v) is 7.65. The number of piperidine rings is 1. The van der Waals surface area contributed by atoms with E-state index in [-0.39, 0.29) is 24.5 Å². The van der Waals surface area contributed by atoms with E-state index in [0.717, 1.165) is 35.5 Å². The first kappa shape index (κ1) is 21.7. The summed E-state index contributed by atoms with van der Waals surface area (Å²) in [6.45, 7) is 7.76. The molecule has 160 valence electrons. The number of rotatable bonds is 7. The molecule has 1 aliphatic heterocycles. The van der Waals surface area contributed by atoms with Crippen LogP contribution in [0.25, 0.3) is 0 Å². The number of carbonyl (C=O) groups excluding carboxylic acids is 2. The number of hydrogen-bond donors (Lipinski definition) is 1. The number of ether oxygens (including phenoxy) is 2. The Morgan fingerprint density at radius 2 is 1.73 bits per heavy atom. The number of amides is 2. The second kappa shape index (κ2) is 10.1. The van der Waals surface area contributed by atoms with Gasteiger partial charge in [-0.1, -0.05) is 17.7 Å². The molecule has 0 saturated carbocycles. The average Bonchev–Trinajstić information content (AvgIpc) is 2.74. The maximum atomic E-state index is 12.7. The summed E-state index contributed by atoms with van der Waals surface area (Å²) in [6.07, 6.45) is 1.47. The Kier molecular flexibility index (Phi) is 7.33. The largest absolute Gasteiger partial charge is 0.494 e. The van der Waals surface area contributed by atoms with Crippen molar-refractivity contribution >= 4 is 11.8 Å². The summed E-state index contributed by atoms with van der Waals surface area (Å²) in [5, 5.41) is 3.02. The number of nitrogens with one attached hydrogen (secondary N) is 1. The van der Waals surface area contributed by atoms with Gasteiger partial charge in [-0.2, -0.15) is 0 Å². The van der Waals surface area contributed by atoms with Crippen LogP contribution in [-0.4, -0.2) is 49.1 Å². The Hall–Kier alpha value is -3.02. The zero-order valence-corrected chi connectivity index (χ0v) is 17.9. The summed E-state index contributed by atoms with van der Waals surface area (Å²) in [5.41, 5.74) is 2.84. The van der Waals surface area contributed by atoms with Crippen molar-refractivity contribution in [1.29, 1.82) is 0 Å². The molecule has 1 saturated heterocycles. The maximum Gasteiger partial charge on any atom is 0.258 e. The van der Waals surface area contributed by atoms with Crippen LogP contribution in [0.4, 0.5) is 0 Å². The Morgan fingerprint density at radius 3 is 2.37 bits per heavy atom. The normalized spacial score (nSPS) is 14.3. The van der Waals surface area contributed by atoms with Gasteiger partial charge in [0.25, 0.3) is 11.8 Å². The van der Waals surface area contributed by atoms with Crippen molar-refractivity contribution in [2.45, 2.75) is 39.7 Å². The summed E-state index contributed by atoms with van der Waals surface area (Å²) in [7, 11) is 0. The van der Waals surface area contributed by atoms with Gasteiger partial charge in [0.2, 0.25) is 0 Å². The average molecular weight is 411 g/mol. The Morgan fingerprint density at radius 1 is 1.03 bits per heavy atom. The third-order valence-electron chi connectivity index (χ3n) is 5.25. The number of likely N-dealkylation sites (tertiary alicyclic amines) is 1. The van der Waals surface area contributed by atoms with E-state index >= 15 is 0 Å². The zero-order chi connectivity index (χ0) is 21.5. The lowest BCUT2D eigenvalue weighted by Crippen LogP contribution is -2.47. The number of nitrogens with zero attached hydrogens (tertiary/aromatic N) is 1. The molecule has 0 atom stereocenters. The minimum Gasteiger partial charge on any atom is -0.494 e. The summed E-state index contributed by atoms with van der Waals surface area (Å²) >= 11 is 0. The highest BCUT2D eigenvalue weighted by atomic mass is 16.5. The van der Waals surface area contributed by atoms with Crippen LogP contribution >= 0.6 is 0 Å². The highest BCUT2D eigenvalue weighted by Crippen LogP contribution is 2.19. The third-order valence-corrected chi connectivity index (χ3v) is 5.25. The lowest BCUT2D eigenvalue weighted by Gasteiger charge is -2.32. The smallest absolute Gasteiger partial charge is 0.258 e. The number of aryl methyl sites for hydroxylation is 2. The van der Waals surface area contributed by atoms with Gasteiger partial charge in [0.05, 0.1) is 6.61 Å². The van der Waals surface area contributed by atoms with Gasteiger partial charge in [-0.15, -0.1) is 0 Å². The van der Waals surface area contributed by atoms with Gasteiger partial charge >= 0.3 is 0 Å². The fourth-order valence-electron chi connectivity index (χ4n) is 3.64. The van der Waals surface area contributed by atoms with Crippen LogP contribution in [0.2, 0.25) is 0 Å². The highest BCUT2D eigenvalue weighted by molar-refractivity contribution is 5.94. The lowest BCUT2D eigenvalue weighted by molar-refractivity contribution is -0.124. The molecule has 1 aliphatic rings. The maximum absolute atomic E-state index is 12.7. The molecule has 0 radical (unpaired) electrons. The molecule has 6 heteroatoms. The van der Waals surface area contributed by atoms with Crippen LogP contribution in [0.5, 0.6) is 11.5 Å². The number of benzene rings is 2. The first-order chi connectivity index (χ1) is 14.5. The minimum absolute atomic E-state index is 0.00474. The van der Waals surface area contributed by atoms with Crippen molar-refractivity contribution in [3.8, 4) is 11.5 Å². The van der Waals surface area contributed by atoms with E-state index in [4.69, 9.17) is 9.47 Å². The topological polar surface area (TPSA) is 67.9 Å². The fraction of sp³-hybridized carbons (Fsp3) is 0.417. The molecular weight excluding hydrogens is 380 g/mol. The second-order valence-electron chi connectivity index (χ2n) is 7.65.